The van der Waals surface area contributed by atoms with E-state index >= 15 is 0 Å². The Morgan fingerprint density at radius 1 is 1.42 bits per heavy atom. The molecule has 1 unspecified atom stereocenters. The van der Waals surface area contributed by atoms with Crippen molar-refractivity contribution in [2.75, 3.05) is 39.3 Å². The quantitative estimate of drug-likeness (QED) is 0.773. The molecule has 1 amide bonds. The topological polar surface area (TPSA) is 53.6 Å². The summed E-state index contributed by atoms with van der Waals surface area (Å²) in [5.41, 5.74) is -0.619. The van der Waals surface area contributed by atoms with Crippen LogP contribution in [-0.2, 0) is 9.53 Å². The lowest BCUT2D eigenvalue weighted by molar-refractivity contribution is -0.133. The molecule has 0 saturated carbocycles. The van der Waals surface area contributed by atoms with Gasteiger partial charge in [-0.05, 0) is 33.6 Å². The second-order valence-electron chi connectivity index (χ2n) is 6.38. The number of carbonyl (C=O) groups is 1. The van der Waals surface area contributed by atoms with E-state index in [4.69, 9.17) is 4.74 Å². The normalized spacial score (nSPS) is 29.4. The third-order valence-corrected chi connectivity index (χ3v) is 4.39. The summed E-state index contributed by atoms with van der Waals surface area (Å²) in [7, 11) is 0. The molecular weight excluding hydrogens is 242 g/mol. The molecule has 0 spiro atoms. The Labute approximate surface area is 116 Å². The van der Waals surface area contributed by atoms with Crippen LogP contribution in [0.15, 0.2) is 0 Å². The minimum atomic E-state index is -0.447. The molecule has 1 atom stereocenters. The minimum absolute atomic E-state index is 0.103. The number of piperazine rings is 1. The molecule has 2 heterocycles. The van der Waals surface area contributed by atoms with E-state index in [0.717, 1.165) is 45.6 Å². The van der Waals surface area contributed by atoms with Crippen LogP contribution in [0.2, 0.25) is 0 Å². The summed E-state index contributed by atoms with van der Waals surface area (Å²) in [5.74, 6) is 0.103. The Morgan fingerprint density at radius 3 is 2.68 bits per heavy atom. The van der Waals surface area contributed by atoms with Gasteiger partial charge in [0.15, 0.2) is 0 Å². The second kappa shape index (κ2) is 5.77. The van der Waals surface area contributed by atoms with Gasteiger partial charge in [-0.3, -0.25) is 9.69 Å². The zero-order valence-electron chi connectivity index (χ0n) is 12.4. The van der Waals surface area contributed by atoms with Gasteiger partial charge in [0.05, 0.1) is 11.1 Å². The van der Waals surface area contributed by atoms with Crippen molar-refractivity contribution in [1.82, 2.24) is 15.5 Å². The summed E-state index contributed by atoms with van der Waals surface area (Å²) < 4.78 is 5.71. The molecule has 2 N–H and O–H groups in total. The van der Waals surface area contributed by atoms with Gasteiger partial charge < -0.3 is 15.4 Å². The molecule has 0 aromatic rings. The monoisotopic (exact) mass is 269 g/mol. The Morgan fingerprint density at radius 2 is 2.11 bits per heavy atom. The van der Waals surface area contributed by atoms with Gasteiger partial charge in [0.25, 0.3) is 0 Å². The van der Waals surface area contributed by atoms with Gasteiger partial charge in [0, 0.05) is 39.3 Å². The summed E-state index contributed by atoms with van der Waals surface area (Å²) in [6.45, 7) is 11.3. The van der Waals surface area contributed by atoms with Gasteiger partial charge >= 0.3 is 0 Å². The number of nitrogens with zero attached hydrogens (tertiary/aromatic N) is 1. The van der Waals surface area contributed by atoms with E-state index in [1.807, 2.05) is 13.8 Å². The van der Waals surface area contributed by atoms with Crippen molar-refractivity contribution in [1.29, 1.82) is 0 Å². The van der Waals surface area contributed by atoms with E-state index in [1.165, 1.54) is 0 Å². The zero-order chi connectivity index (χ0) is 13.9. The van der Waals surface area contributed by atoms with Crippen molar-refractivity contribution < 1.29 is 9.53 Å². The fourth-order valence-corrected chi connectivity index (χ4v) is 2.83. The van der Waals surface area contributed by atoms with Gasteiger partial charge in [-0.1, -0.05) is 0 Å². The molecular formula is C14H27N3O2. The lowest BCUT2D eigenvalue weighted by Crippen LogP contribution is -2.61. The van der Waals surface area contributed by atoms with Crippen LogP contribution in [0, 0.1) is 0 Å². The molecule has 2 aliphatic heterocycles. The summed E-state index contributed by atoms with van der Waals surface area (Å²) in [6, 6.07) is 0. The number of carbonyl (C=O) groups excluding carboxylic acids is 1. The molecule has 5 heteroatoms. The van der Waals surface area contributed by atoms with Crippen LogP contribution in [0.25, 0.3) is 0 Å². The molecule has 0 radical (unpaired) electrons. The number of nitrogens with one attached hydrogen (secondary N) is 2. The highest BCUT2D eigenvalue weighted by molar-refractivity contribution is 5.85. The third kappa shape index (κ3) is 3.46. The molecule has 2 fully saturated rings. The Bertz CT molecular complexity index is 319. The first kappa shape index (κ1) is 14.8. The number of rotatable bonds is 4. The van der Waals surface area contributed by atoms with E-state index in [9.17, 15) is 4.79 Å². The van der Waals surface area contributed by atoms with E-state index in [2.05, 4.69) is 22.5 Å². The molecule has 0 aliphatic carbocycles. The van der Waals surface area contributed by atoms with Crippen LogP contribution in [0.4, 0.5) is 0 Å². The number of amides is 1. The van der Waals surface area contributed by atoms with E-state index < -0.39 is 5.54 Å². The molecule has 110 valence electrons. The maximum absolute atomic E-state index is 12.4. The van der Waals surface area contributed by atoms with Crippen LogP contribution in [0.5, 0.6) is 0 Å². The van der Waals surface area contributed by atoms with Crippen molar-refractivity contribution in [2.45, 2.75) is 44.8 Å². The summed E-state index contributed by atoms with van der Waals surface area (Å²) in [4.78, 5) is 14.7. The summed E-state index contributed by atoms with van der Waals surface area (Å²) in [5, 5.41) is 6.39. The predicted octanol–water partition coefficient (Wildman–Crippen LogP) is 0.356. The average molecular weight is 269 g/mol. The lowest BCUT2D eigenvalue weighted by atomic mass is 9.98. The van der Waals surface area contributed by atoms with Gasteiger partial charge in [0.2, 0.25) is 5.91 Å². The molecule has 2 rings (SSSR count). The van der Waals surface area contributed by atoms with Crippen molar-refractivity contribution in [3.05, 3.63) is 0 Å². The third-order valence-electron chi connectivity index (χ3n) is 4.39. The van der Waals surface area contributed by atoms with Crippen molar-refractivity contribution in [2.24, 2.45) is 0 Å². The average Bonchev–Trinajstić information content (AvgIpc) is 2.84. The Hall–Kier alpha value is -0.650. The fourth-order valence-electron chi connectivity index (χ4n) is 2.83. The van der Waals surface area contributed by atoms with Crippen LogP contribution in [-0.4, -0.2) is 61.3 Å². The van der Waals surface area contributed by atoms with Gasteiger partial charge in [-0.15, -0.1) is 0 Å². The van der Waals surface area contributed by atoms with Crippen LogP contribution in [0.3, 0.4) is 0 Å². The molecule has 5 nitrogen and oxygen atoms in total. The van der Waals surface area contributed by atoms with Crippen LogP contribution >= 0.6 is 0 Å². The van der Waals surface area contributed by atoms with Crippen molar-refractivity contribution in [3.8, 4) is 0 Å². The lowest BCUT2D eigenvalue weighted by Gasteiger charge is -2.40. The highest BCUT2D eigenvalue weighted by Gasteiger charge is 2.37. The first-order chi connectivity index (χ1) is 8.94. The maximum Gasteiger partial charge on any atom is 0.240 e. The minimum Gasteiger partial charge on any atom is -0.373 e. The van der Waals surface area contributed by atoms with Crippen molar-refractivity contribution >= 4 is 5.91 Å². The predicted molar refractivity (Wildman–Crippen MR) is 75.1 cm³/mol. The highest BCUT2D eigenvalue weighted by Crippen LogP contribution is 2.24. The molecule has 19 heavy (non-hydrogen) atoms. The maximum atomic E-state index is 12.4. The van der Waals surface area contributed by atoms with Crippen molar-refractivity contribution in [3.63, 3.8) is 0 Å². The second-order valence-corrected chi connectivity index (χ2v) is 6.38. The number of ether oxygens (including phenoxy) is 1. The van der Waals surface area contributed by atoms with E-state index in [-0.39, 0.29) is 11.5 Å². The molecule has 0 aromatic heterocycles. The fraction of sp³-hybridized carbons (Fsp3) is 0.929. The number of hydrogen-bond donors (Lipinski definition) is 2. The summed E-state index contributed by atoms with van der Waals surface area (Å²) in [6.07, 6.45) is 2.12. The van der Waals surface area contributed by atoms with Crippen LogP contribution in [0.1, 0.15) is 33.6 Å². The smallest absolute Gasteiger partial charge is 0.240 e. The standard InChI is InChI=1S/C14H27N3O2/c1-13(2,17-8-6-15-7-9-17)12(18)16-11-14(3)5-4-10-19-14/h15H,4-11H2,1-3H3,(H,16,18). The number of hydrogen-bond acceptors (Lipinski definition) is 4. The van der Waals surface area contributed by atoms with Gasteiger partial charge in [-0.25, -0.2) is 0 Å². The molecule has 0 bridgehead atoms. The van der Waals surface area contributed by atoms with Gasteiger partial charge in [0.1, 0.15) is 0 Å². The highest BCUT2D eigenvalue weighted by atomic mass is 16.5. The molecule has 0 aromatic carbocycles. The Kier molecular flexibility index (Phi) is 4.48. The molecule has 2 aliphatic rings. The Balaban J connectivity index is 1.86. The first-order valence-corrected chi connectivity index (χ1v) is 7.32. The first-order valence-electron chi connectivity index (χ1n) is 7.32. The van der Waals surface area contributed by atoms with E-state index in [1.54, 1.807) is 0 Å². The zero-order valence-corrected chi connectivity index (χ0v) is 12.4. The molecule has 2 saturated heterocycles. The van der Waals surface area contributed by atoms with Gasteiger partial charge in [-0.2, -0.15) is 0 Å². The van der Waals surface area contributed by atoms with Crippen LogP contribution < -0.4 is 10.6 Å². The largest absolute Gasteiger partial charge is 0.373 e. The summed E-state index contributed by atoms with van der Waals surface area (Å²) >= 11 is 0. The van der Waals surface area contributed by atoms with E-state index in [0.29, 0.717) is 6.54 Å². The SMILES string of the molecule is CC1(CNC(=O)C(C)(C)N2CCNCC2)CCCO1.